The van der Waals surface area contributed by atoms with Crippen molar-refractivity contribution in [2.45, 2.75) is 5.92 Å². The molecule has 5 heteroatoms. The molecule has 0 aromatic heterocycles. The Balaban J connectivity index is 2.66. The fraction of sp³-hybridized carbons (Fsp3) is 0.111. The number of carbonyl (C=O) groups is 1. The lowest BCUT2D eigenvalue weighted by atomic mass is 10.0. The van der Waals surface area contributed by atoms with E-state index >= 15 is 0 Å². The van der Waals surface area contributed by atoms with Gasteiger partial charge in [-0.2, -0.15) is 0 Å². The molecule has 2 nitrogen and oxygen atoms in total. The number of anilines is 1. The summed E-state index contributed by atoms with van der Waals surface area (Å²) in [4.78, 5) is 11.2. The van der Waals surface area contributed by atoms with Crippen molar-refractivity contribution in [2.24, 2.45) is 0 Å². The molecule has 1 aromatic carbocycles. The molecule has 1 amide bonds. The summed E-state index contributed by atoms with van der Waals surface area (Å²) < 4.78 is 26.1. The lowest BCUT2D eigenvalue weighted by Crippen LogP contribution is -2.12. The van der Waals surface area contributed by atoms with Crippen molar-refractivity contribution in [2.75, 3.05) is 5.32 Å². The molecule has 1 aliphatic rings. The Hall–Kier alpha value is -1.36. The third-order valence-electron chi connectivity index (χ3n) is 2.12. The van der Waals surface area contributed by atoms with Crippen LogP contribution in [-0.2, 0) is 4.79 Å². The molecule has 2 rings (SSSR count). The average Bonchev–Trinajstić information content (AvgIpc) is 2.48. The van der Waals surface area contributed by atoms with E-state index in [1.165, 1.54) is 6.07 Å². The van der Waals surface area contributed by atoms with E-state index in [4.69, 9.17) is 0 Å². The molecule has 0 spiro atoms. The SMILES string of the molecule is O=C1Nc2ccc(F)c(F)c2C1C=S. The highest BCUT2D eigenvalue weighted by atomic mass is 32.1. The monoisotopic (exact) mass is 213 g/mol. The minimum Gasteiger partial charge on any atom is -0.325 e. The van der Waals surface area contributed by atoms with E-state index in [-0.39, 0.29) is 5.56 Å². The van der Waals surface area contributed by atoms with Gasteiger partial charge in [0.05, 0.1) is 5.92 Å². The zero-order chi connectivity index (χ0) is 10.3. The summed E-state index contributed by atoms with van der Waals surface area (Å²) in [6, 6.07) is 2.30. The van der Waals surface area contributed by atoms with E-state index < -0.39 is 23.5 Å². The summed E-state index contributed by atoms with van der Waals surface area (Å²) in [5.41, 5.74) is 0.296. The van der Waals surface area contributed by atoms with Crippen LogP contribution in [0.1, 0.15) is 11.5 Å². The quantitative estimate of drug-likeness (QED) is 0.723. The Kier molecular flexibility index (Phi) is 2.03. The van der Waals surface area contributed by atoms with Gasteiger partial charge in [-0.05, 0) is 17.5 Å². The number of amides is 1. The van der Waals surface area contributed by atoms with Gasteiger partial charge in [0.25, 0.3) is 0 Å². The van der Waals surface area contributed by atoms with Crippen molar-refractivity contribution in [1.82, 2.24) is 0 Å². The molecule has 0 aliphatic carbocycles. The highest BCUT2D eigenvalue weighted by Crippen LogP contribution is 2.34. The second-order valence-corrected chi connectivity index (χ2v) is 3.20. The Labute approximate surface area is 83.9 Å². The molecule has 0 fully saturated rings. The van der Waals surface area contributed by atoms with Crippen LogP contribution >= 0.6 is 12.2 Å². The molecule has 1 atom stereocenters. The predicted molar refractivity (Wildman–Crippen MR) is 51.4 cm³/mol. The molecule has 0 saturated heterocycles. The van der Waals surface area contributed by atoms with Gasteiger partial charge in [-0.1, -0.05) is 12.2 Å². The third kappa shape index (κ3) is 1.13. The number of halogens is 2. The van der Waals surface area contributed by atoms with Crippen molar-refractivity contribution in [3.05, 3.63) is 29.3 Å². The molecule has 1 aliphatic heterocycles. The Morgan fingerprint density at radius 1 is 1.43 bits per heavy atom. The van der Waals surface area contributed by atoms with Crippen molar-refractivity contribution in [3.63, 3.8) is 0 Å². The van der Waals surface area contributed by atoms with Gasteiger partial charge >= 0.3 is 0 Å². The van der Waals surface area contributed by atoms with Gasteiger partial charge in [0.15, 0.2) is 11.6 Å². The van der Waals surface area contributed by atoms with Crippen LogP contribution in [0.15, 0.2) is 12.1 Å². The number of fused-ring (bicyclic) bond motifs is 1. The van der Waals surface area contributed by atoms with Crippen LogP contribution in [0.25, 0.3) is 0 Å². The highest BCUT2D eigenvalue weighted by molar-refractivity contribution is 7.79. The number of carbonyl (C=O) groups excluding carboxylic acids is 1. The second-order valence-electron chi connectivity index (χ2n) is 2.93. The Bertz CT molecular complexity index is 433. The van der Waals surface area contributed by atoms with Crippen LogP contribution in [0, 0.1) is 11.6 Å². The van der Waals surface area contributed by atoms with Crippen LogP contribution in [0.4, 0.5) is 14.5 Å². The van der Waals surface area contributed by atoms with Gasteiger partial charge in [-0.15, -0.1) is 0 Å². The molecule has 0 radical (unpaired) electrons. The number of thiocarbonyl (C=S) groups is 1. The molecule has 0 bridgehead atoms. The standard InChI is InChI=1S/C9H5F2NOS/c10-5-1-2-6-7(8(5)11)4(3-14)9(13)12-6/h1-4H,(H,12,13). The Morgan fingerprint density at radius 3 is 2.79 bits per heavy atom. The van der Waals surface area contributed by atoms with Crippen LogP contribution in [0.2, 0.25) is 0 Å². The minimum atomic E-state index is -1.01. The van der Waals surface area contributed by atoms with Gasteiger partial charge in [0.1, 0.15) is 0 Å². The molecule has 1 unspecified atom stereocenters. The van der Waals surface area contributed by atoms with Crippen LogP contribution < -0.4 is 5.32 Å². The van der Waals surface area contributed by atoms with E-state index in [1.807, 2.05) is 0 Å². The van der Waals surface area contributed by atoms with Gasteiger partial charge in [0, 0.05) is 11.3 Å². The van der Waals surface area contributed by atoms with Gasteiger partial charge in [-0.25, -0.2) is 8.78 Å². The van der Waals surface area contributed by atoms with Gasteiger partial charge in [-0.3, -0.25) is 4.79 Å². The van der Waals surface area contributed by atoms with Gasteiger partial charge in [0.2, 0.25) is 5.91 Å². The molecule has 14 heavy (non-hydrogen) atoms. The molecular formula is C9H5F2NOS. The van der Waals surface area contributed by atoms with E-state index in [9.17, 15) is 13.6 Å². The van der Waals surface area contributed by atoms with Gasteiger partial charge < -0.3 is 5.32 Å². The van der Waals surface area contributed by atoms with Crippen molar-refractivity contribution >= 4 is 29.2 Å². The van der Waals surface area contributed by atoms with Crippen molar-refractivity contribution in [3.8, 4) is 0 Å². The summed E-state index contributed by atoms with van der Waals surface area (Å²) in [6.45, 7) is 0. The zero-order valence-corrected chi connectivity index (χ0v) is 7.70. The normalized spacial score (nSPS) is 19.0. The number of benzene rings is 1. The summed E-state index contributed by atoms with van der Waals surface area (Å²) >= 11 is 4.59. The number of rotatable bonds is 1. The van der Waals surface area contributed by atoms with Crippen LogP contribution in [-0.4, -0.2) is 11.3 Å². The first-order valence-corrected chi connectivity index (χ1v) is 4.36. The van der Waals surface area contributed by atoms with E-state index in [1.54, 1.807) is 0 Å². The van der Waals surface area contributed by atoms with E-state index in [0.717, 1.165) is 11.4 Å². The first-order chi connectivity index (χ1) is 6.65. The zero-order valence-electron chi connectivity index (χ0n) is 6.88. The summed E-state index contributed by atoms with van der Waals surface area (Å²) in [6.07, 6.45) is 0. The summed E-state index contributed by atoms with van der Waals surface area (Å²) in [5, 5.41) is 3.55. The van der Waals surface area contributed by atoms with Crippen LogP contribution in [0.3, 0.4) is 0 Å². The van der Waals surface area contributed by atoms with Crippen LogP contribution in [0.5, 0.6) is 0 Å². The fourth-order valence-corrected chi connectivity index (χ4v) is 1.71. The van der Waals surface area contributed by atoms with Crippen molar-refractivity contribution in [1.29, 1.82) is 0 Å². The van der Waals surface area contributed by atoms with E-state index in [2.05, 4.69) is 17.5 Å². The number of nitrogens with one attached hydrogen (secondary N) is 1. The summed E-state index contributed by atoms with van der Waals surface area (Å²) in [7, 11) is 0. The molecule has 0 saturated carbocycles. The number of hydrogen-bond acceptors (Lipinski definition) is 2. The lowest BCUT2D eigenvalue weighted by molar-refractivity contribution is -0.115. The molecule has 1 aromatic rings. The van der Waals surface area contributed by atoms with Crippen molar-refractivity contribution < 1.29 is 13.6 Å². The average molecular weight is 213 g/mol. The maximum Gasteiger partial charge on any atom is 0.236 e. The summed E-state index contributed by atoms with van der Waals surface area (Å²) in [5.74, 6) is -3.26. The molecule has 1 heterocycles. The first-order valence-electron chi connectivity index (χ1n) is 3.89. The number of hydrogen-bond donors (Lipinski definition) is 1. The molecule has 72 valence electrons. The van der Waals surface area contributed by atoms with E-state index in [0.29, 0.717) is 5.69 Å². The smallest absolute Gasteiger partial charge is 0.236 e. The Morgan fingerprint density at radius 2 is 2.14 bits per heavy atom. The molecule has 1 N–H and O–H groups in total. The maximum absolute atomic E-state index is 13.3. The largest absolute Gasteiger partial charge is 0.325 e. The first kappa shape index (κ1) is 9.21. The maximum atomic E-state index is 13.3. The second kappa shape index (κ2) is 3.09. The molecular weight excluding hydrogens is 208 g/mol. The topological polar surface area (TPSA) is 29.1 Å². The lowest BCUT2D eigenvalue weighted by Gasteiger charge is -2.03. The third-order valence-corrected chi connectivity index (χ3v) is 2.39. The highest BCUT2D eigenvalue weighted by Gasteiger charge is 2.32. The predicted octanol–water partition coefficient (Wildman–Crippen LogP) is 2.00. The minimum absolute atomic E-state index is 0.00463. The fourth-order valence-electron chi connectivity index (χ4n) is 1.45.